The summed E-state index contributed by atoms with van der Waals surface area (Å²) < 4.78 is 1.96. The summed E-state index contributed by atoms with van der Waals surface area (Å²) in [6.45, 7) is 1.07. The number of aromatic nitrogens is 1. The van der Waals surface area contributed by atoms with Gasteiger partial charge in [0.15, 0.2) is 4.80 Å². The first kappa shape index (κ1) is 17.2. The van der Waals surface area contributed by atoms with Crippen LogP contribution in [-0.2, 0) is 7.05 Å². The molecule has 24 heavy (non-hydrogen) atoms. The average molecular weight is 367 g/mol. The van der Waals surface area contributed by atoms with E-state index in [0.717, 1.165) is 33.8 Å². The molecule has 1 saturated heterocycles. The molecule has 1 aliphatic rings. The average Bonchev–Trinajstić information content (AvgIpc) is 3.22. The van der Waals surface area contributed by atoms with Crippen LogP contribution >= 0.6 is 22.7 Å². The van der Waals surface area contributed by atoms with Gasteiger partial charge in [-0.15, -0.1) is 11.3 Å². The maximum Gasteiger partial charge on any atom is 0.407 e. The maximum atomic E-state index is 11.1. The Morgan fingerprint density at radius 1 is 1.42 bits per heavy atom. The number of carbonyl (C=O) groups is 1. The third-order valence-electron chi connectivity index (χ3n) is 4.55. The van der Waals surface area contributed by atoms with E-state index in [-0.39, 0.29) is 5.92 Å². The lowest BCUT2D eigenvalue weighted by Crippen LogP contribution is -2.36. The Labute approximate surface area is 148 Å². The molecule has 3 heterocycles. The topological polar surface area (TPSA) is 78.1 Å². The van der Waals surface area contributed by atoms with Crippen molar-refractivity contribution in [3.63, 3.8) is 0 Å². The monoisotopic (exact) mass is 367 g/mol. The van der Waals surface area contributed by atoms with Crippen LogP contribution in [-0.4, -0.2) is 45.9 Å². The second kappa shape index (κ2) is 7.08. The van der Waals surface area contributed by atoms with Gasteiger partial charge >= 0.3 is 6.09 Å². The number of nitrogens with zero attached hydrogens (tertiary/aromatic N) is 3. The SMILES string of the molecule is CN=c1sc(C2CCN(C(=O)O)CC2)c(C(O)c2ccsc2)n1C. The van der Waals surface area contributed by atoms with Crippen molar-refractivity contribution in [1.82, 2.24) is 9.47 Å². The number of aliphatic hydroxyl groups excluding tert-OH is 1. The fourth-order valence-electron chi connectivity index (χ4n) is 3.22. The number of thiophene rings is 1. The van der Waals surface area contributed by atoms with Gasteiger partial charge in [0.2, 0.25) is 0 Å². The van der Waals surface area contributed by atoms with Crippen LogP contribution in [0, 0.1) is 0 Å². The van der Waals surface area contributed by atoms with Gasteiger partial charge in [0.1, 0.15) is 6.10 Å². The molecule has 0 bridgehead atoms. The van der Waals surface area contributed by atoms with E-state index in [1.54, 1.807) is 29.7 Å². The van der Waals surface area contributed by atoms with E-state index in [2.05, 4.69) is 4.99 Å². The van der Waals surface area contributed by atoms with Crippen LogP contribution in [0.2, 0.25) is 0 Å². The first-order valence-electron chi connectivity index (χ1n) is 7.83. The molecule has 2 aromatic rings. The minimum atomic E-state index is -0.854. The third-order valence-corrected chi connectivity index (χ3v) is 6.65. The zero-order valence-corrected chi connectivity index (χ0v) is 15.3. The minimum Gasteiger partial charge on any atom is -0.465 e. The zero-order valence-electron chi connectivity index (χ0n) is 13.7. The Balaban J connectivity index is 1.95. The lowest BCUT2D eigenvalue weighted by Gasteiger charge is -2.30. The van der Waals surface area contributed by atoms with Crippen molar-refractivity contribution in [3.8, 4) is 0 Å². The highest BCUT2D eigenvalue weighted by molar-refractivity contribution is 7.09. The summed E-state index contributed by atoms with van der Waals surface area (Å²) in [4.78, 5) is 18.9. The number of piperidine rings is 1. The number of hydrogen-bond acceptors (Lipinski definition) is 5. The Morgan fingerprint density at radius 2 is 2.12 bits per heavy atom. The highest BCUT2D eigenvalue weighted by atomic mass is 32.1. The second-order valence-corrected chi connectivity index (χ2v) is 7.71. The smallest absolute Gasteiger partial charge is 0.407 e. The predicted octanol–water partition coefficient (Wildman–Crippen LogP) is 2.62. The molecule has 1 fully saturated rings. The molecule has 1 aliphatic heterocycles. The van der Waals surface area contributed by atoms with Gasteiger partial charge in [0.05, 0.1) is 5.69 Å². The summed E-state index contributed by atoms with van der Waals surface area (Å²) in [6.07, 6.45) is 0.0204. The van der Waals surface area contributed by atoms with Gasteiger partial charge in [-0.1, -0.05) is 0 Å². The van der Waals surface area contributed by atoms with E-state index in [1.807, 2.05) is 28.4 Å². The van der Waals surface area contributed by atoms with Gasteiger partial charge < -0.3 is 19.7 Å². The van der Waals surface area contributed by atoms with E-state index in [4.69, 9.17) is 5.11 Å². The maximum absolute atomic E-state index is 11.1. The van der Waals surface area contributed by atoms with E-state index < -0.39 is 12.2 Å². The number of likely N-dealkylation sites (tertiary alicyclic amines) is 1. The van der Waals surface area contributed by atoms with Crippen LogP contribution in [0.15, 0.2) is 21.8 Å². The van der Waals surface area contributed by atoms with Crippen molar-refractivity contribution in [1.29, 1.82) is 0 Å². The summed E-state index contributed by atoms with van der Waals surface area (Å²) in [7, 11) is 3.68. The van der Waals surface area contributed by atoms with Crippen molar-refractivity contribution in [2.24, 2.45) is 12.0 Å². The van der Waals surface area contributed by atoms with Crippen molar-refractivity contribution in [3.05, 3.63) is 37.8 Å². The van der Waals surface area contributed by atoms with Gasteiger partial charge in [0.25, 0.3) is 0 Å². The highest BCUT2D eigenvalue weighted by Gasteiger charge is 2.30. The molecule has 0 spiro atoms. The number of thiazole rings is 1. The summed E-state index contributed by atoms with van der Waals surface area (Å²) in [5.41, 5.74) is 1.77. The number of rotatable bonds is 3. The molecule has 3 rings (SSSR count). The van der Waals surface area contributed by atoms with Crippen LogP contribution in [0.25, 0.3) is 0 Å². The number of hydrogen-bond donors (Lipinski definition) is 2. The predicted molar refractivity (Wildman–Crippen MR) is 94.7 cm³/mol. The normalized spacial score (nSPS) is 18.1. The Bertz CT molecular complexity index is 771. The molecule has 2 N–H and O–H groups in total. The molecular formula is C16H21N3O3S2. The standard InChI is InChI=1S/C16H21N3O3S2/c1-17-15-18(2)12(13(20)11-5-8-23-9-11)14(24-15)10-3-6-19(7-4-10)16(21)22/h5,8-10,13,20H,3-4,6-7H2,1-2H3,(H,21,22). The number of amides is 1. The molecule has 1 amide bonds. The first-order valence-corrected chi connectivity index (χ1v) is 9.59. The molecule has 0 saturated carbocycles. The molecule has 0 radical (unpaired) electrons. The minimum absolute atomic E-state index is 0.260. The summed E-state index contributed by atoms with van der Waals surface area (Å²) in [5, 5.41) is 23.9. The first-order chi connectivity index (χ1) is 11.5. The largest absolute Gasteiger partial charge is 0.465 e. The van der Waals surface area contributed by atoms with Gasteiger partial charge in [-0.3, -0.25) is 4.99 Å². The van der Waals surface area contributed by atoms with E-state index in [0.29, 0.717) is 13.1 Å². The third kappa shape index (κ3) is 3.13. The molecule has 0 aromatic carbocycles. The number of aliphatic hydroxyl groups is 1. The Kier molecular flexibility index (Phi) is 5.07. The highest BCUT2D eigenvalue weighted by Crippen LogP contribution is 2.37. The molecular weight excluding hydrogens is 346 g/mol. The summed E-state index contributed by atoms with van der Waals surface area (Å²) >= 11 is 3.17. The molecule has 1 atom stereocenters. The van der Waals surface area contributed by atoms with Gasteiger partial charge in [0, 0.05) is 32.1 Å². The molecule has 0 aliphatic carbocycles. The van der Waals surface area contributed by atoms with Gasteiger partial charge in [-0.2, -0.15) is 11.3 Å². The fourth-order valence-corrected chi connectivity index (χ4v) is 5.17. The van der Waals surface area contributed by atoms with Crippen LogP contribution in [0.3, 0.4) is 0 Å². The van der Waals surface area contributed by atoms with Crippen molar-refractivity contribution in [2.75, 3.05) is 20.1 Å². The zero-order chi connectivity index (χ0) is 17.3. The van der Waals surface area contributed by atoms with E-state index in [1.165, 1.54) is 4.90 Å². The van der Waals surface area contributed by atoms with Crippen LogP contribution in [0.4, 0.5) is 4.79 Å². The van der Waals surface area contributed by atoms with Crippen LogP contribution < -0.4 is 4.80 Å². The lowest BCUT2D eigenvalue weighted by atomic mass is 9.92. The van der Waals surface area contributed by atoms with Crippen molar-refractivity contribution < 1.29 is 15.0 Å². The second-order valence-electron chi connectivity index (χ2n) is 5.92. The van der Waals surface area contributed by atoms with Crippen LogP contribution in [0.1, 0.15) is 41.0 Å². The molecule has 1 unspecified atom stereocenters. The molecule has 130 valence electrons. The molecule has 2 aromatic heterocycles. The van der Waals surface area contributed by atoms with Crippen molar-refractivity contribution in [2.45, 2.75) is 24.9 Å². The summed E-state index contributed by atoms with van der Waals surface area (Å²) in [6, 6.07) is 1.94. The van der Waals surface area contributed by atoms with E-state index >= 15 is 0 Å². The van der Waals surface area contributed by atoms with Gasteiger partial charge in [-0.25, -0.2) is 4.79 Å². The lowest BCUT2D eigenvalue weighted by molar-refractivity contribution is 0.131. The van der Waals surface area contributed by atoms with Crippen molar-refractivity contribution >= 4 is 28.8 Å². The fraction of sp³-hybridized carbons (Fsp3) is 0.500. The molecule has 8 heteroatoms. The number of carboxylic acid groups (broad SMARTS) is 1. The van der Waals surface area contributed by atoms with Crippen LogP contribution in [0.5, 0.6) is 0 Å². The van der Waals surface area contributed by atoms with E-state index in [9.17, 15) is 9.90 Å². The molecule has 6 nitrogen and oxygen atoms in total. The Hall–Kier alpha value is -1.64. The Morgan fingerprint density at radius 3 is 2.67 bits per heavy atom. The summed E-state index contributed by atoms with van der Waals surface area (Å²) in [5.74, 6) is 0.260. The van der Waals surface area contributed by atoms with Gasteiger partial charge in [-0.05, 0) is 41.1 Å². The quantitative estimate of drug-likeness (QED) is 0.875.